The molecule has 1 aliphatic rings. The van der Waals surface area contributed by atoms with Gasteiger partial charge in [-0.1, -0.05) is 6.92 Å². The zero-order chi connectivity index (χ0) is 12.8. The van der Waals surface area contributed by atoms with Crippen LogP contribution < -0.4 is 5.32 Å². The average Bonchev–Trinajstić information content (AvgIpc) is 2.40. The summed E-state index contributed by atoms with van der Waals surface area (Å²) in [7, 11) is 0. The molecule has 1 aliphatic heterocycles. The molecule has 0 bridgehead atoms. The predicted molar refractivity (Wildman–Crippen MR) is 70.9 cm³/mol. The second kappa shape index (κ2) is 6.50. The molecule has 2 rings (SSSR count). The Kier molecular flexibility index (Phi) is 4.70. The Hall–Kier alpha value is -1.42. The lowest BCUT2D eigenvalue weighted by atomic mass is 9.99. The maximum Gasteiger partial charge on any atom is 0.234 e. The van der Waals surface area contributed by atoms with E-state index in [4.69, 9.17) is 0 Å². The van der Waals surface area contributed by atoms with Crippen molar-refractivity contribution in [2.75, 3.05) is 19.6 Å². The van der Waals surface area contributed by atoms with Crippen LogP contribution in [0.4, 0.5) is 0 Å². The fraction of sp³-hybridized carbons (Fsp3) is 0.571. The van der Waals surface area contributed by atoms with E-state index in [-0.39, 0.29) is 5.91 Å². The summed E-state index contributed by atoms with van der Waals surface area (Å²) in [4.78, 5) is 18.0. The van der Waals surface area contributed by atoms with E-state index >= 15 is 0 Å². The Bertz CT molecular complexity index is 372. The second-order valence-electron chi connectivity index (χ2n) is 5.09. The SMILES string of the molecule is CC1CCN(CC(=O)NCc2ccncc2)CC1. The van der Waals surface area contributed by atoms with Crippen molar-refractivity contribution < 1.29 is 4.79 Å². The van der Waals surface area contributed by atoms with Gasteiger partial charge in [-0.3, -0.25) is 14.7 Å². The molecule has 1 amide bonds. The van der Waals surface area contributed by atoms with E-state index in [1.807, 2.05) is 12.1 Å². The van der Waals surface area contributed by atoms with Crippen molar-refractivity contribution in [3.8, 4) is 0 Å². The Morgan fingerprint density at radius 3 is 2.72 bits per heavy atom. The maximum absolute atomic E-state index is 11.8. The molecular formula is C14H21N3O. The number of aromatic nitrogens is 1. The second-order valence-corrected chi connectivity index (χ2v) is 5.09. The lowest BCUT2D eigenvalue weighted by Crippen LogP contribution is -2.41. The van der Waals surface area contributed by atoms with Gasteiger partial charge >= 0.3 is 0 Å². The van der Waals surface area contributed by atoms with E-state index in [9.17, 15) is 4.79 Å². The first-order valence-corrected chi connectivity index (χ1v) is 6.62. The van der Waals surface area contributed by atoms with Gasteiger partial charge in [-0.2, -0.15) is 0 Å². The molecule has 0 spiro atoms. The highest BCUT2D eigenvalue weighted by Gasteiger charge is 2.17. The van der Waals surface area contributed by atoms with E-state index in [1.54, 1.807) is 12.4 Å². The third kappa shape index (κ3) is 4.11. The number of carbonyl (C=O) groups excluding carboxylic acids is 1. The minimum absolute atomic E-state index is 0.112. The van der Waals surface area contributed by atoms with Gasteiger partial charge in [0.1, 0.15) is 0 Å². The zero-order valence-electron chi connectivity index (χ0n) is 10.9. The topological polar surface area (TPSA) is 45.2 Å². The van der Waals surface area contributed by atoms with Crippen molar-refractivity contribution in [2.24, 2.45) is 5.92 Å². The van der Waals surface area contributed by atoms with Crippen molar-refractivity contribution in [3.05, 3.63) is 30.1 Å². The molecule has 0 unspecified atom stereocenters. The molecular weight excluding hydrogens is 226 g/mol. The quantitative estimate of drug-likeness (QED) is 0.875. The van der Waals surface area contributed by atoms with Crippen LogP contribution in [-0.4, -0.2) is 35.4 Å². The molecule has 4 heteroatoms. The number of likely N-dealkylation sites (tertiary alicyclic amines) is 1. The van der Waals surface area contributed by atoms with Gasteiger partial charge in [0, 0.05) is 18.9 Å². The number of carbonyl (C=O) groups is 1. The van der Waals surface area contributed by atoms with E-state index in [1.165, 1.54) is 12.8 Å². The Labute approximate surface area is 108 Å². The van der Waals surface area contributed by atoms with Gasteiger partial charge in [0.15, 0.2) is 0 Å². The van der Waals surface area contributed by atoms with E-state index in [0.29, 0.717) is 13.1 Å². The molecule has 0 saturated carbocycles. The van der Waals surface area contributed by atoms with E-state index in [2.05, 4.69) is 22.1 Å². The van der Waals surface area contributed by atoms with Crippen LogP contribution in [0, 0.1) is 5.92 Å². The van der Waals surface area contributed by atoms with Crippen LogP contribution >= 0.6 is 0 Å². The molecule has 4 nitrogen and oxygen atoms in total. The molecule has 0 aromatic carbocycles. The van der Waals surface area contributed by atoms with Gasteiger partial charge in [0.25, 0.3) is 0 Å². The highest BCUT2D eigenvalue weighted by molar-refractivity contribution is 5.78. The summed E-state index contributed by atoms with van der Waals surface area (Å²) in [5.74, 6) is 0.919. The summed E-state index contributed by atoms with van der Waals surface area (Å²) in [6.45, 7) is 5.48. The van der Waals surface area contributed by atoms with Gasteiger partial charge in [0.2, 0.25) is 5.91 Å². The molecule has 1 saturated heterocycles. The third-order valence-corrected chi connectivity index (χ3v) is 3.48. The first-order chi connectivity index (χ1) is 8.74. The van der Waals surface area contributed by atoms with Crippen LogP contribution in [-0.2, 0) is 11.3 Å². The highest BCUT2D eigenvalue weighted by atomic mass is 16.2. The number of nitrogens with one attached hydrogen (secondary N) is 1. The van der Waals surface area contributed by atoms with Gasteiger partial charge in [-0.05, 0) is 49.5 Å². The van der Waals surface area contributed by atoms with Crippen LogP contribution in [0.15, 0.2) is 24.5 Å². The minimum atomic E-state index is 0.112. The van der Waals surface area contributed by atoms with Gasteiger partial charge in [0.05, 0.1) is 6.54 Å². The smallest absolute Gasteiger partial charge is 0.234 e. The summed E-state index contributed by atoms with van der Waals surface area (Å²) in [5, 5.41) is 2.95. The number of hydrogen-bond donors (Lipinski definition) is 1. The van der Waals surface area contributed by atoms with Crippen LogP contribution in [0.3, 0.4) is 0 Å². The number of rotatable bonds is 4. The molecule has 2 heterocycles. The predicted octanol–water partition coefficient (Wildman–Crippen LogP) is 1.43. The Morgan fingerprint density at radius 2 is 2.06 bits per heavy atom. The zero-order valence-corrected chi connectivity index (χ0v) is 10.9. The number of nitrogens with zero attached hydrogens (tertiary/aromatic N) is 2. The summed E-state index contributed by atoms with van der Waals surface area (Å²) >= 11 is 0. The number of hydrogen-bond acceptors (Lipinski definition) is 3. The Morgan fingerprint density at radius 1 is 1.39 bits per heavy atom. The largest absolute Gasteiger partial charge is 0.351 e. The van der Waals surface area contributed by atoms with Crippen LogP contribution in [0.2, 0.25) is 0 Å². The summed E-state index contributed by atoms with van der Waals surface area (Å²) in [6, 6.07) is 3.84. The molecule has 1 fully saturated rings. The van der Waals surface area contributed by atoms with Gasteiger partial charge in [-0.15, -0.1) is 0 Å². The molecule has 0 aliphatic carbocycles. The van der Waals surface area contributed by atoms with E-state index in [0.717, 1.165) is 24.6 Å². The number of amides is 1. The summed E-state index contributed by atoms with van der Waals surface area (Å²) in [5.41, 5.74) is 1.09. The summed E-state index contributed by atoms with van der Waals surface area (Å²) < 4.78 is 0. The van der Waals surface area contributed by atoms with Crippen molar-refractivity contribution in [2.45, 2.75) is 26.3 Å². The van der Waals surface area contributed by atoms with Gasteiger partial charge < -0.3 is 5.32 Å². The lowest BCUT2D eigenvalue weighted by molar-refractivity contribution is -0.122. The van der Waals surface area contributed by atoms with E-state index < -0.39 is 0 Å². The summed E-state index contributed by atoms with van der Waals surface area (Å²) in [6.07, 6.45) is 5.90. The molecule has 1 N–H and O–H groups in total. The maximum atomic E-state index is 11.8. The van der Waals surface area contributed by atoms with Crippen molar-refractivity contribution in [1.82, 2.24) is 15.2 Å². The molecule has 0 radical (unpaired) electrons. The normalized spacial score (nSPS) is 17.6. The van der Waals surface area contributed by atoms with Crippen molar-refractivity contribution in [3.63, 3.8) is 0 Å². The van der Waals surface area contributed by atoms with Gasteiger partial charge in [-0.25, -0.2) is 0 Å². The molecule has 0 atom stereocenters. The third-order valence-electron chi connectivity index (χ3n) is 3.48. The fourth-order valence-electron chi connectivity index (χ4n) is 2.18. The number of piperidine rings is 1. The molecule has 18 heavy (non-hydrogen) atoms. The molecule has 1 aromatic heterocycles. The van der Waals surface area contributed by atoms with Crippen LogP contribution in [0.5, 0.6) is 0 Å². The standard InChI is InChI=1S/C14H21N3O/c1-12-4-8-17(9-5-12)11-14(18)16-10-13-2-6-15-7-3-13/h2-3,6-7,12H,4-5,8-11H2,1H3,(H,16,18). The minimum Gasteiger partial charge on any atom is -0.351 e. The van der Waals surface area contributed by atoms with Crippen molar-refractivity contribution in [1.29, 1.82) is 0 Å². The fourth-order valence-corrected chi connectivity index (χ4v) is 2.18. The molecule has 98 valence electrons. The van der Waals surface area contributed by atoms with Crippen molar-refractivity contribution >= 4 is 5.91 Å². The number of pyridine rings is 1. The average molecular weight is 247 g/mol. The van der Waals surface area contributed by atoms with Crippen LogP contribution in [0.25, 0.3) is 0 Å². The monoisotopic (exact) mass is 247 g/mol. The lowest BCUT2D eigenvalue weighted by Gasteiger charge is -2.29. The first-order valence-electron chi connectivity index (χ1n) is 6.62. The molecule has 1 aromatic rings. The highest BCUT2D eigenvalue weighted by Crippen LogP contribution is 2.15. The Balaban J connectivity index is 1.69. The first kappa shape index (κ1) is 13.0. The van der Waals surface area contributed by atoms with Crippen LogP contribution in [0.1, 0.15) is 25.3 Å².